The van der Waals surface area contributed by atoms with Crippen molar-refractivity contribution in [3.63, 3.8) is 0 Å². The number of halogens is 1. The molecule has 90 valence electrons. The maximum absolute atomic E-state index is 5.95. The van der Waals surface area contributed by atoms with Crippen LogP contribution >= 0.6 is 15.9 Å². The molecule has 0 saturated carbocycles. The van der Waals surface area contributed by atoms with Crippen molar-refractivity contribution in [2.75, 3.05) is 5.73 Å². The van der Waals surface area contributed by atoms with Gasteiger partial charge in [0.2, 0.25) is 0 Å². The van der Waals surface area contributed by atoms with Gasteiger partial charge < -0.3 is 10.3 Å². The lowest BCUT2D eigenvalue weighted by Crippen LogP contribution is -1.98. The predicted molar refractivity (Wildman–Crippen MR) is 76.1 cm³/mol. The van der Waals surface area contributed by atoms with Crippen LogP contribution in [0.15, 0.2) is 41.0 Å². The van der Waals surface area contributed by atoms with Crippen LogP contribution in [-0.4, -0.2) is 14.5 Å². The van der Waals surface area contributed by atoms with Gasteiger partial charge >= 0.3 is 0 Å². The Bertz CT molecular complexity index is 733. The number of imidazole rings is 1. The Morgan fingerprint density at radius 2 is 2.11 bits per heavy atom. The van der Waals surface area contributed by atoms with Crippen LogP contribution in [0, 0.1) is 0 Å². The second kappa shape index (κ2) is 4.10. The highest BCUT2D eigenvalue weighted by Crippen LogP contribution is 2.27. The zero-order valence-corrected chi connectivity index (χ0v) is 11.3. The third-order valence-electron chi connectivity index (χ3n) is 2.89. The van der Waals surface area contributed by atoms with E-state index in [9.17, 15) is 0 Å². The number of fused-ring (bicyclic) bond motifs is 1. The van der Waals surface area contributed by atoms with E-state index >= 15 is 0 Å². The summed E-state index contributed by atoms with van der Waals surface area (Å²) in [5.41, 5.74) is 9.27. The molecule has 0 atom stereocenters. The summed E-state index contributed by atoms with van der Waals surface area (Å²) in [5.74, 6) is 0.779. The summed E-state index contributed by atoms with van der Waals surface area (Å²) in [6.45, 7) is 0. The van der Waals surface area contributed by atoms with E-state index in [1.54, 1.807) is 6.20 Å². The van der Waals surface area contributed by atoms with Gasteiger partial charge in [-0.1, -0.05) is 15.9 Å². The van der Waals surface area contributed by atoms with Crippen molar-refractivity contribution < 1.29 is 0 Å². The van der Waals surface area contributed by atoms with Gasteiger partial charge in [-0.3, -0.25) is 4.98 Å². The van der Waals surface area contributed by atoms with E-state index in [4.69, 9.17) is 5.73 Å². The molecule has 0 aliphatic heterocycles. The Morgan fingerprint density at radius 3 is 2.89 bits per heavy atom. The molecule has 3 rings (SSSR count). The highest BCUT2D eigenvalue weighted by atomic mass is 79.9. The summed E-state index contributed by atoms with van der Waals surface area (Å²) in [6, 6.07) is 9.65. The van der Waals surface area contributed by atoms with Gasteiger partial charge in [-0.15, -0.1) is 0 Å². The number of aryl methyl sites for hydroxylation is 1. The van der Waals surface area contributed by atoms with E-state index < -0.39 is 0 Å². The first-order valence-electron chi connectivity index (χ1n) is 5.49. The third kappa shape index (κ3) is 1.67. The minimum absolute atomic E-state index is 0.634. The molecule has 0 saturated heterocycles. The number of nitrogens with zero attached hydrogens (tertiary/aromatic N) is 3. The van der Waals surface area contributed by atoms with Crippen LogP contribution in [-0.2, 0) is 7.05 Å². The highest BCUT2D eigenvalue weighted by Gasteiger charge is 2.13. The number of hydrogen-bond acceptors (Lipinski definition) is 3. The van der Waals surface area contributed by atoms with Crippen molar-refractivity contribution in [3.8, 4) is 11.5 Å². The van der Waals surface area contributed by atoms with Crippen molar-refractivity contribution in [3.05, 3.63) is 41.0 Å². The highest BCUT2D eigenvalue weighted by molar-refractivity contribution is 9.10. The molecule has 1 aromatic carbocycles. The summed E-state index contributed by atoms with van der Waals surface area (Å²) >= 11 is 3.45. The summed E-state index contributed by atoms with van der Waals surface area (Å²) in [6.07, 6.45) is 1.72. The van der Waals surface area contributed by atoms with Crippen molar-refractivity contribution in [2.45, 2.75) is 0 Å². The minimum atomic E-state index is 0.634. The first kappa shape index (κ1) is 11.2. The van der Waals surface area contributed by atoms with Crippen LogP contribution < -0.4 is 5.73 Å². The molecule has 3 aromatic rings. The number of hydrogen-bond donors (Lipinski definition) is 1. The molecule has 0 radical (unpaired) electrons. The molecule has 4 nitrogen and oxygen atoms in total. The quantitative estimate of drug-likeness (QED) is 0.752. The van der Waals surface area contributed by atoms with E-state index in [1.807, 2.05) is 41.9 Å². The Balaban J connectivity index is 2.31. The van der Waals surface area contributed by atoms with Gasteiger partial charge in [0.25, 0.3) is 0 Å². The smallest absolute Gasteiger partial charge is 0.161 e. The van der Waals surface area contributed by atoms with Crippen LogP contribution in [0.1, 0.15) is 0 Å². The Labute approximate surface area is 113 Å². The minimum Gasteiger partial charge on any atom is -0.397 e. The molecule has 0 unspecified atom stereocenters. The number of rotatable bonds is 1. The second-order valence-corrected chi connectivity index (χ2v) is 4.98. The zero-order valence-electron chi connectivity index (χ0n) is 9.76. The van der Waals surface area contributed by atoms with E-state index in [2.05, 4.69) is 25.9 Å². The predicted octanol–water partition coefficient (Wildman–Crippen LogP) is 2.98. The number of pyridine rings is 1. The van der Waals surface area contributed by atoms with Gasteiger partial charge in [0.15, 0.2) is 5.82 Å². The van der Waals surface area contributed by atoms with E-state index in [0.717, 1.165) is 21.3 Å². The first-order chi connectivity index (χ1) is 8.66. The van der Waals surface area contributed by atoms with Crippen molar-refractivity contribution in [1.29, 1.82) is 0 Å². The number of benzene rings is 1. The van der Waals surface area contributed by atoms with Gasteiger partial charge in [-0.05, 0) is 30.3 Å². The maximum Gasteiger partial charge on any atom is 0.161 e. The number of anilines is 1. The molecule has 0 bridgehead atoms. The fourth-order valence-electron chi connectivity index (χ4n) is 1.99. The second-order valence-electron chi connectivity index (χ2n) is 4.07. The zero-order chi connectivity index (χ0) is 12.7. The maximum atomic E-state index is 5.95. The molecule has 0 aliphatic carbocycles. The van der Waals surface area contributed by atoms with E-state index in [1.165, 1.54) is 0 Å². The molecule has 2 N–H and O–H groups in total. The fourth-order valence-corrected chi connectivity index (χ4v) is 2.34. The van der Waals surface area contributed by atoms with Crippen LogP contribution in [0.3, 0.4) is 0 Å². The van der Waals surface area contributed by atoms with Gasteiger partial charge in [0, 0.05) is 17.7 Å². The topological polar surface area (TPSA) is 56.7 Å². The SMILES string of the molecule is Cn1c(-c2ncccc2N)nc2cc(Br)ccc21. The average Bonchev–Trinajstić information content (AvgIpc) is 2.67. The fraction of sp³-hybridized carbons (Fsp3) is 0.0769. The lowest BCUT2D eigenvalue weighted by Gasteiger charge is -2.04. The molecule has 0 amide bonds. The van der Waals surface area contributed by atoms with Gasteiger partial charge in [0.05, 0.1) is 16.7 Å². The molecule has 0 aliphatic rings. The summed E-state index contributed by atoms with van der Waals surface area (Å²) in [7, 11) is 1.96. The van der Waals surface area contributed by atoms with Crippen LogP contribution in [0.4, 0.5) is 5.69 Å². The van der Waals surface area contributed by atoms with Crippen molar-refractivity contribution >= 4 is 32.7 Å². The van der Waals surface area contributed by atoms with Crippen molar-refractivity contribution in [1.82, 2.24) is 14.5 Å². The average molecular weight is 303 g/mol. The van der Waals surface area contributed by atoms with Gasteiger partial charge in [-0.25, -0.2) is 4.98 Å². The lowest BCUT2D eigenvalue weighted by atomic mass is 10.3. The molecule has 2 aromatic heterocycles. The summed E-state index contributed by atoms with van der Waals surface area (Å²) in [4.78, 5) is 8.90. The van der Waals surface area contributed by atoms with Crippen LogP contribution in [0.25, 0.3) is 22.6 Å². The molecular formula is C13H11BrN4. The monoisotopic (exact) mass is 302 g/mol. The summed E-state index contributed by atoms with van der Waals surface area (Å²) < 4.78 is 3.01. The third-order valence-corrected chi connectivity index (χ3v) is 3.39. The largest absolute Gasteiger partial charge is 0.397 e. The summed E-state index contributed by atoms with van der Waals surface area (Å²) in [5, 5.41) is 0. The number of aromatic nitrogens is 3. The van der Waals surface area contributed by atoms with E-state index in [0.29, 0.717) is 11.4 Å². The first-order valence-corrected chi connectivity index (χ1v) is 6.29. The Kier molecular flexibility index (Phi) is 2.56. The lowest BCUT2D eigenvalue weighted by molar-refractivity contribution is 0.951. The molecule has 0 fully saturated rings. The van der Waals surface area contributed by atoms with Crippen LogP contribution in [0.2, 0.25) is 0 Å². The standard InChI is InChI=1S/C13H11BrN4/c1-18-11-5-4-8(14)7-10(11)17-13(18)12-9(15)3-2-6-16-12/h2-7H,15H2,1H3. The molecule has 5 heteroatoms. The van der Waals surface area contributed by atoms with Crippen LogP contribution in [0.5, 0.6) is 0 Å². The number of nitrogen functional groups attached to an aromatic ring is 1. The Hall–Kier alpha value is -1.88. The van der Waals surface area contributed by atoms with Gasteiger partial charge in [0.1, 0.15) is 5.69 Å². The molecule has 18 heavy (non-hydrogen) atoms. The molecular weight excluding hydrogens is 292 g/mol. The van der Waals surface area contributed by atoms with E-state index in [-0.39, 0.29) is 0 Å². The normalized spacial score (nSPS) is 11.0. The number of nitrogens with two attached hydrogens (primary N) is 1. The molecule has 0 spiro atoms. The molecule has 2 heterocycles. The van der Waals surface area contributed by atoms with Crippen molar-refractivity contribution in [2.24, 2.45) is 7.05 Å². The Morgan fingerprint density at radius 1 is 1.28 bits per heavy atom. The van der Waals surface area contributed by atoms with Gasteiger partial charge in [-0.2, -0.15) is 0 Å².